The van der Waals surface area contributed by atoms with Gasteiger partial charge in [-0.3, -0.25) is 13.9 Å². The smallest absolute Gasteiger partial charge is 0.244 e. The van der Waals surface area contributed by atoms with Gasteiger partial charge in [0.2, 0.25) is 21.8 Å². The fourth-order valence-electron chi connectivity index (χ4n) is 3.26. The van der Waals surface area contributed by atoms with Crippen LogP contribution in [0.15, 0.2) is 54.6 Å². The first kappa shape index (κ1) is 25.4. The van der Waals surface area contributed by atoms with E-state index in [4.69, 9.17) is 0 Å². The monoisotopic (exact) mass is 459 g/mol. The van der Waals surface area contributed by atoms with Crippen LogP contribution in [0.25, 0.3) is 0 Å². The number of benzene rings is 2. The molecule has 0 radical (unpaired) electrons. The lowest BCUT2D eigenvalue weighted by atomic mass is 10.1. The number of carbonyl (C=O) groups is 2. The van der Waals surface area contributed by atoms with Gasteiger partial charge >= 0.3 is 0 Å². The first-order chi connectivity index (χ1) is 15.0. The molecule has 2 aromatic carbocycles. The Bertz CT molecular complexity index is 1020. The van der Waals surface area contributed by atoms with Crippen molar-refractivity contribution in [1.29, 1.82) is 0 Å². The molecule has 0 spiro atoms. The maximum Gasteiger partial charge on any atom is 0.244 e. The van der Waals surface area contributed by atoms with Crippen molar-refractivity contribution in [2.75, 3.05) is 17.1 Å². The summed E-state index contributed by atoms with van der Waals surface area (Å²) in [5.74, 6) is -0.724. The second-order valence-electron chi connectivity index (χ2n) is 8.11. The molecular weight excluding hydrogens is 426 g/mol. The van der Waals surface area contributed by atoms with Crippen LogP contribution in [-0.2, 0) is 26.2 Å². The highest BCUT2D eigenvalue weighted by Crippen LogP contribution is 2.19. The number of anilines is 1. The van der Waals surface area contributed by atoms with Gasteiger partial charge in [-0.2, -0.15) is 0 Å². The third kappa shape index (κ3) is 7.09. The molecule has 2 rings (SSSR count). The van der Waals surface area contributed by atoms with Crippen molar-refractivity contribution in [2.45, 2.75) is 52.7 Å². The van der Waals surface area contributed by atoms with E-state index >= 15 is 0 Å². The minimum Gasteiger partial charge on any atom is -0.352 e. The zero-order valence-corrected chi connectivity index (χ0v) is 20.2. The van der Waals surface area contributed by atoms with Gasteiger partial charge in [-0.05, 0) is 44.9 Å². The number of amides is 2. The predicted octanol–water partition coefficient (Wildman–Crippen LogP) is 3.09. The molecule has 0 unspecified atom stereocenters. The van der Waals surface area contributed by atoms with Gasteiger partial charge < -0.3 is 10.2 Å². The van der Waals surface area contributed by atoms with E-state index in [0.717, 1.165) is 28.1 Å². The summed E-state index contributed by atoms with van der Waals surface area (Å²) in [6.07, 6.45) is 1.83. The van der Waals surface area contributed by atoms with Crippen molar-refractivity contribution in [3.05, 3.63) is 65.7 Å². The maximum absolute atomic E-state index is 13.4. The summed E-state index contributed by atoms with van der Waals surface area (Å²) in [6.45, 7) is 7.29. The molecule has 0 fully saturated rings. The van der Waals surface area contributed by atoms with Crippen LogP contribution in [0.2, 0.25) is 0 Å². The molecule has 0 heterocycles. The molecule has 174 valence electrons. The van der Waals surface area contributed by atoms with Crippen molar-refractivity contribution in [1.82, 2.24) is 10.2 Å². The maximum atomic E-state index is 13.4. The quantitative estimate of drug-likeness (QED) is 0.592. The number of aryl methyl sites for hydroxylation is 1. The number of hydrogen-bond acceptors (Lipinski definition) is 4. The Morgan fingerprint density at radius 3 is 2.25 bits per heavy atom. The Kier molecular flexibility index (Phi) is 8.83. The standard InChI is InChI=1S/C24H33N3O4S/c1-6-19(3)25-24(29)20(4)26(16-21-12-10-11-18(2)15-21)23(28)17-27(32(5,30)31)22-13-8-7-9-14-22/h7-15,19-20H,6,16-17H2,1-5H3,(H,25,29)/t19-,20+/m0/s1. The lowest BCUT2D eigenvalue weighted by Crippen LogP contribution is -2.52. The van der Waals surface area contributed by atoms with Crippen molar-refractivity contribution in [3.63, 3.8) is 0 Å². The molecule has 1 N–H and O–H groups in total. The molecular formula is C24H33N3O4S. The SMILES string of the molecule is CC[C@H](C)NC(=O)[C@@H](C)N(Cc1cccc(C)c1)C(=O)CN(c1ccccc1)S(C)(=O)=O. The topological polar surface area (TPSA) is 86.8 Å². The molecule has 0 aliphatic heterocycles. The fraction of sp³-hybridized carbons (Fsp3) is 0.417. The zero-order chi connectivity index (χ0) is 23.9. The van der Waals surface area contributed by atoms with Crippen molar-refractivity contribution in [2.24, 2.45) is 0 Å². The minimum atomic E-state index is -3.71. The first-order valence-electron chi connectivity index (χ1n) is 10.7. The summed E-state index contributed by atoms with van der Waals surface area (Å²) >= 11 is 0. The molecule has 0 aliphatic carbocycles. The van der Waals surface area contributed by atoms with Crippen molar-refractivity contribution >= 4 is 27.5 Å². The highest BCUT2D eigenvalue weighted by molar-refractivity contribution is 7.92. The second kappa shape index (κ2) is 11.1. The van der Waals surface area contributed by atoms with Crippen molar-refractivity contribution in [3.8, 4) is 0 Å². The Balaban J connectivity index is 2.36. The number of sulfonamides is 1. The number of hydrogen-bond donors (Lipinski definition) is 1. The lowest BCUT2D eigenvalue weighted by molar-refractivity contribution is -0.139. The molecule has 2 atom stereocenters. The molecule has 32 heavy (non-hydrogen) atoms. The van der Waals surface area contributed by atoms with Crippen LogP contribution in [0.5, 0.6) is 0 Å². The number of nitrogens with zero attached hydrogens (tertiary/aromatic N) is 2. The molecule has 0 saturated heterocycles. The average molecular weight is 460 g/mol. The lowest BCUT2D eigenvalue weighted by Gasteiger charge is -2.32. The van der Waals surface area contributed by atoms with E-state index in [2.05, 4.69) is 5.32 Å². The van der Waals surface area contributed by atoms with Crippen LogP contribution < -0.4 is 9.62 Å². The molecule has 2 aromatic rings. The number of nitrogens with one attached hydrogen (secondary N) is 1. The average Bonchev–Trinajstić information content (AvgIpc) is 2.74. The number of carbonyl (C=O) groups excluding carboxylic acids is 2. The molecule has 0 saturated carbocycles. The van der Waals surface area contributed by atoms with Gasteiger partial charge in [0.05, 0.1) is 11.9 Å². The van der Waals surface area contributed by atoms with Gasteiger partial charge in [-0.15, -0.1) is 0 Å². The van der Waals surface area contributed by atoms with Crippen LogP contribution in [0.1, 0.15) is 38.3 Å². The fourth-order valence-corrected chi connectivity index (χ4v) is 4.11. The molecule has 2 amide bonds. The minimum absolute atomic E-state index is 0.0299. The second-order valence-corrected chi connectivity index (χ2v) is 10.0. The van der Waals surface area contributed by atoms with Gasteiger partial charge in [-0.25, -0.2) is 8.42 Å². The highest BCUT2D eigenvalue weighted by Gasteiger charge is 2.30. The van der Waals surface area contributed by atoms with E-state index in [0.29, 0.717) is 5.69 Å². The first-order valence-corrected chi connectivity index (χ1v) is 12.6. The van der Waals surface area contributed by atoms with Gasteiger partial charge in [0, 0.05) is 12.6 Å². The van der Waals surface area contributed by atoms with E-state index in [1.54, 1.807) is 37.3 Å². The number of para-hydroxylation sites is 1. The third-order valence-corrected chi connectivity index (χ3v) is 6.47. The summed E-state index contributed by atoms with van der Waals surface area (Å²) < 4.78 is 26.0. The van der Waals surface area contributed by atoms with Crippen LogP contribution in [0.3, 0.4) is 0 Å². The third-order valence-electron chi connectivity index (χ3n) is 5.33. The Labute approximate surface area is 191 Å². The molecule has 0 aliphatic rings. The van der Waals surface area contributed by atoms with Crippen LogP contribution >= 0.6 is 0 Å². The zero-order valence-electron chi connectivity index (χ0n) is 19.4. The summed E-state index contributed by atoms with van der Waals surface area (Å²) in [7, 11) is -3.71. The summed E-state index contributed by atoms with van der Waals surface area (Å²) in [4.78, 5) is 27.7. The predicted molar refractivity (Wildman–Crippen MR) is 128 cm³/mol. The summed E-state index contributed by atoms with van der Waals surface area (Å²) in [5, 5.41) is 2.91. The van der Waals surface area contributed by atoms with Crippen LogP contribution in [-0.4, -0.2) is 50.0 Å². The number of rotatable bonds is 10. The van der Waals surface area contributed by atoms with Crippen LogP contribution in [0.4, 0.5) is 5.69 Å². The molecule has 7 nitrogen and oxygen atoms in total. The van der Waals surface area contributed by atoms with E-state index in [9.17, 15) is 18.0 Å². The Hall–Kier alpha value is -2.87. The Morgan fingerprint density at radius 1 is 1.03 bits per heavy atom. The van der Waals surface area contributed by atoms with Gasteiger partial charge in [0.25, 0.3) is 0 Å². The van der Waals surface area contributed by atoms with Crippen molar-refractivity contribution < 1.29 is 18.0 Å². The van der Waals surface area contributed by atoms with E-state index in [1.807, 2.05) is 45.0 Å². The van der Waals surface area contributed by atoms with Gasteiger partial charge in [0.1, 0.15) is 12.6 Å². The summed E-state index contributed by atoms with van der Waals surface area (Å²) in [6, 6.07) is 15.4. The van der Waals surface area contributed by atoms with Gasteiger partial charge in [-0.1, -0.05) is 55.0 Å². The molecule has 8 heteroatoms. The molecule has 0 bridgehead atoms. The van der Waals surface area contributed by atoms with E-state index in [-0.39, 0.29) is 18.5 Å². The summed E-state index contributed by atoms with van der Waals surface area (Å²) in [5.41, 5.74) is 2.30. The molecule has 0 aromatic heterocycles. The van der Waals surface area contributed by atoms with E-state index < -0.39 is 28.5 Å². The van der Waals surface area contributed by atoms with Gasteiger partial charge in [0.15, 0.2) is 0 Å². The highest BCUT2D eigenvalue weighted by atomic mass is 32.2. The van der Waals surface area contributed by atoms with E-state index in [1.165, 1.54) is 4.90 Å². The normalized spacial score (nSPS) is 13.2. The largest absolute Gasteiger partial charge is 0.352 e. The Morgan fingerprint density at radius 2 is 1.69 bits per heavy atom. The van der Waals surface area contributed by atoms with Crippen LogP contribution in [0, 0.1) is 6.92 Å².